The van der Waals surface area contributed by atoms with Crippen LogP contribution in [0.3, 0.4) is 0 Å². The molecule has 0 saturated heterocycles. The van der Waals surface area contributed by atoms with Crippen LogP contribution in [-0.2, 0) is 4.79 Å². The number of hydrogen-bond donors (Lipinski definition) is 0. The SMILES string of the molecule is CCC1CN(C(=O)CCN2C(=O)c3ccccc3C2=O)c2ccccc2O1. The van der Waals surface area contributed by atoms with E-state index in [-0.39, 0.29) is 36.8 Å². The van der Waals surface area contributed by atoms with Gasteiger partial charge in [0.25, 0.3) is 11.8 Å². The highest BCUT2D eigenvalue weighted by molar-refractivity contribution is 6.21. The Labute approximate surface area is 157 Å². The summed E-state index contributed by atoms with van der Waals surface area (Å²) in [5, 5.41) is 0. The van der Waals surface area contributed by atoms with Crippen LogP contribution in [0.4, 0.5) is 5.69 Å². The molecule has 0 radical (unpaired) electrons. The smallest absolute Gasteiger partial charge is 0.261 e. The molecule has 6 nitrogen and oxygen atoms in total. The number of benzene rings is 2. The summed E-state index contributed by atoms with van der Waals surface area (Å²) in [7, 11) is 0. The number of nitrogens with zero attached hydrogens (tertiary/aromatic N) is 2. The van der Waals surface area contributed by atoms with Gasteiger partial charge in [-0.3, -0.25) is 19.3 Å². The van der Waals surface area contributed by atoms with Crippen molar-refractivity contribution < 1.29 is 19.1 Å². The van der Waals surface area contributed by atoms with E-state index in [0.717, 1.165) is 17.0 Å². The molecule has 0 saturated carbocycles. The molecule has 1 unspecified atom stereocenters. The molecular weight excluding hydrogens is 344 g/mol. The largest absolute Gasteiger partial charge is 0.486 e. The normalized spacial score (nSPS) is 18.2. The van der Waals surface area contributed by atoms with Gasteiger partial charge in [0.15, 0.2) is 0 Å². The second-order valence-electron chi connectivity index (χ2n) is 6.68. The topological polar surface area (TPSA) is 66.9 Å². The Bertz CT molecular complexity index is 889. The van der Waals surface area contributed by atoms with E-state index in [1.807, 2.05) is 31.2 Å². The average molecular weight is 364 g/mol. The van der Waals surface area contributed by atoms with Crippen molar-refractivity contribution in [3.8, 4) is 5.75 Å². The zero-order valence-corrected chi connectivity index (χ0v) is 15.1. The highest BCUT2D eigenvalue weighted by Crippen LogP contribution is 2.34. The molecule has 0 fully saturated rings. The summed E-state index contributed by atoms with van der Waals surface area (Å²) < 4.78 is 5.90. The Morgan fingerprint density at radius 3 is 2.33 bits per heavy atom. The molecule has 138 valence electrons. The Kier molecular flexibility index (Phi) is 4.39. The zero-order valence-electron chi connectivity index (χ0n) is 15.1. The van der Waals surface area contributed by atoms with E-state index in [9.17, 15) is 14.4 Å². The molecule has 4 rings (SSSR count). The molecule has 6 heteroatoms. The molecular formula is C21H20N2O4. The van der Waals surface area contributed by atoms with Crippen molar-refractivity contribution >= 4 is 23.4 Å². The van der Waals surface area contributed by atoms with Crippen LogP contribution in [0.1, 0.15) is 40.5 Å². The summed E-state index contributed by atoms with van der Waals surface area (Å²) in [6.07, 6.45) is 0.801. The first-order chi connectivity index (χ1) is 13.1. The molecule has 1 atom stereocenters. The Hall–Kier alpha value is -3.15. The van der Waals surface area contributed by atoms with Crippen LogP contribution in [0.15, 0.2) is 48.5 Å². The summed E-state index contributed by atoms with van der Waals surface area (Å²) >= 11 is 0. The van der Waals surface area contributed by atoms with Crippen molar-refractivity contribution in [2.45, 2.75) is 25.9 Å². The van der Waals surface area contributed by atoms with Crippen LogP contribution in [0, 0.1) is 0 Å². The number of carbonyl (C=O) groups excluding carboxylic acids is 3. The fraction of sp³-hybridized carbons (Fsp3) is 0.286. The van der Waals surface area contributed by atoms with Gasteiger partial charge in [-0.05, 0) is 30.7 Å². The number of anilines is 1. The number of ether oxygens (including phenoxy) is 1. The van der Waals surface area contributed by atoms with Crippen LogP contribution < -0.4 is 9.64 Å². The van der Waals surface area contributed by atoms with Gasteiger partial charge < -0.3 is 9.64 Å². The summed E-state index contributed by atoms with van der Waals surface area (Å²) in [6.45, 7) is 2.55. The third-order valence-corrected chi connectivity index (χ3v) is 5.02. The van der Waals surface area contributed by atoms with Crippen LogP contribution in [0.5, 0.6) is 5.75 Å². The summed E-state index contributed by atoms with van der Waals surface area (Å²) in [5.41, 5.74) is 1.53. The summed E-state index contributed by atoms with van der Waals surface area (Å²) in [4.78, 5) is 40.7. The maximum atomic E-state index is 12.9. The van der Waals surface area contributed by atoms with Crippen molar-refractivity contribution in [1.82, 2.24) is 4.90 Å². The first kappa shape index (κ1) is 17.3. The molecule has 2 heterocycles. The monoisotopic (exact) mass is 364 g/mol. The maximum absolute atomic E-state index is 12.9. The summed E-state index contributed by atoms with van der Waals surface area (Å²) in [5.74, 6) is -0.111. The average Bonchev–Trinajstić information content (AvgIpc) is 2.95. The molecule has 2 aromatic carbocycles. The zero-order chi connectivity index (χ0) is 19.0. The molecule has 2 aliphatic heterocycles. The van der Waals surface area contributed by atoms with E-state index in [1.54, 1.807) is 29.2 Å². The lowest BCUT2D eigenvalue weighted by Gasteiger charge is -2.34. The maximum Gasteiger partial charge on any atom is 0.261 e. The first-order valence-corrected chi connectivity index (χ1v) is 9.11. The van der Waals surface area contributed by atoms with Gasteiger partial charge in [-0.2, -0.15) is 0 Å². The third-order valence-electron chi connectivity index (χ3n) is 5.02. The van der Waals surface area contributed by atoms with E-state index in [0.29, 0.717) is 23.4 Å². The van der Waals surface area contributed by atoms with Crippen molar-refractivity contribution in [1.29, 1.82) is 0 Å². The molecule has 0 aliphatic carbocycles. The van der Waals surface area contributed by atoms with Gasteiger partial charge in [0.2, 0.25) is 5.91 Å². The number of fused-ring (bicyclic) bond motifs is 2. The summed E-state index contributed by atoms with van der Waals surface area (Å²) in [6, 6.07) is 14.2. The number of amides is 3. The highest BCUT2D eigenvalue weighted by Gasteiger charge is 2.36. The van der Waals surface area contributed by atoms with Gasteiger partial charge in [-0.25, -0.2) is 0 Å². The Morgan fingerprint density at radius 1 is 1.04 bits per heavy atom. The van der Waals surface area contributed by atoms with E-state index in [2.05, 4.69) is 0 Å². The van der Waals surface area contributed by atoms with E-state index in [1.165, 1.54) is 0 Å². The lowest BCUT2D eigenvalue weighted by molar-refractivity contribution is -0.119. The highest BCUT2D eigenvalue weighted by atomic mass is 16.5. The standard InChI is InChI=1S/C21H20N2O4/c1-2-14-13-23(17-9-5-6-10-18(17)27-14)19(24)11-12-22-20(25)15-7-3-4-8-16(15)21(22)26/h3-10,14H,2,11-13H2,1H3. The minimum Gasteiger partial charge on any atom is -0.486 e. The van der Waals surface area contributed by atoms with Gasteiger partial charge >= 0.3 is 0 Å². The molecule has 0 aromatic heterocycles. The minimum atomic E-state index is -0.336. The molecule has 0 spiro atoms. The lowest BCUT2D eigenvalue weighted by atomic mass is 10.1. The third kappa shape index (κ3) is 2.97. The van der Waals surface area contributed by atoms with Gasteiger partial charge in [-0.1, -0.05) is 31.2 Å². The number of para-hydroxylation sites is 2. The van der Waals surface area contributed by atoms with Crippen LogP contribution in [-0.4, -0.2) is 41.8 Å². The first-order valence-electron chi connectivity index (χ1n) is 9.11. The molecule has 3 amide bonds. The molecule has 27 heavy (non-hydrogen) atoms. The van der Waals surface area contributed by atoms with Crippen molar-refractivity contribution in [3.05, 3.63) is 59.7 Å². The fourth-order valence-electron chi connectivity index (χ4n) is 3.53. The molecule has 2 aromatic rings. The molecule has 0 N–H and O–H groups in total. The molecule has 0 bridgehead atoms. The number of hydrogen-bond acceptors (Lipinski definition) is 4. The van der Waals surface area contributed by atoms with E-state index >= 15 is 0 Å². The number of rotatable bonds is 4. The van der Waals surface area contributed by atoms with Crippen LogP contribution >= 0.6 is 0 Å². The fourth-order valence-corrected chi connectivity index (χ4v) is 3.53. The van der Waals surface area contributed by atoms with E-state index < -0.39 is 0 Å². The lowest BCUT2D eigenvalue weighted by Crippen LogP contribution is -2.44. The Balaban J connectivity index is 1.49. The predicted octanol–water partition coefficient (Wildman–Crippen LogP) is 2.88. The van der Waals surface area contributed by atoms with Crippen molar-refractivity contribution in [2.24, 2.45) is 0 Å². The van der Waals surface area contributed by atoms with Gasteiger partial charge in [0.1, 0.15) is 11.9 Å². The minimum absolute atomic E-state index is 0.0665. The van der Waals surface area contributed by atoms with Crippen LogP contribution in [0.25, 0.3) is 0 Å². The number of carbonyl (C=O) groups is 3. The molecule has 2 aliphatic rings. The van der Waals surface area contributed by atoms with Gasteiger partial charge in [-0.15, -0.1) is 0 Å². The quantitative estimate of drug-likeness (QED) is 0.783. The Morgan fingerprint density at radius 2 is 1.67 bits per heavy atom. The van der Waals surface area contributed by atoms with Gasteiger partial charge in [0, 0.05) is 13.0 Å². The second-order valence-corrected chi connectivity index (χ2v) is 6.68. The predicted molar refractivity (Wildman–Crippen MR) is 99.9 cm³/mol. The van der Waals surface area contributed by atoms with Gasteiger partial charge in [0.05, 0.1) is 23.4 Å². The number of imide groups is 1. The van der Waals surface area contributed by atoms with Crippen LogP contribution in [0.2, 0.25) is 0 Å². The van der Waals surface area contributed by atoms with E-state index in [4.69, 9.17) is 4.74 Å². The van der Waals surface area contributed by atoms with Crippen molar-refractivity contribution in [2.75, 3.05) is 18.0 Å². The second kappa shape index (κ2) is 6.87. The van der Waals surface area contributed by atoms with Crippen molar-refractivity contribution in [3.63, 3.8) is 0 Å².